The van der Waals surface area contributed by atoms with Crippen molar-refractivity contribution in [1.82, 2.24) is 15.3 Å². The lowest BCUT2D eigenvalue weighted by molar-refractivity contribution is 0.187. The number of halogens is 1. The van der Waals surface area contributed by atoms with Crippen molar-refractivity contribution in [2.75, 3.05) is 18.0 Å². The van der Waals surface area contributed by atoms with Gasteiger partial charge < -0.3 is 15.3 Å². The van der Waals surface area contributed by atoms with Gasteiger partial charge in [-0.05, 0) is 31.0 Å². The highest BCUT2D eigenvalue weighted by Crippen LogP contribution is 2.21. The normalized spacial score (nSPS) is 16.1. The van der Waals surface area contributed by atoms with Gasteiger partial charge in [0, 0.05) is 24.2 Å². The van der Waals surface area contributed by atoms with Crippen LogP contribution in [0.2, 0.25) is 5.02 Å². The molecule has 0 bridgehead atoms. The minimum Gasteiger partial charge on any atom is -0.465 e. The molecule has 0 spiro atoms. The molecule has 0 radical (unpaired) electrons. The van der Waals surface area contributed by atoms with Crippen LogP contribution in [0.5, 0.6) is 0 Å². The fourth-order valence-corrected chi connectivity index (χ4v) is 2.72. The monoisotopic (exact) mass is 306 g/mol. The van der Waals surface area contributed by atoms with Gasteiger partial charge in [-0.25, -0.2) is 9.78 Å². The molecule has 0 unspecified atom stereocenters. The fourth-order valence-electron chi connectivity index (χ4n) is 2.55. The maximum atomic E-state index is 10.6. The molecule has 1 aromatic heterocycles. The largest absolute Gasteiger partial charge is 0.465 e. The molecule has 2 heterocycles. The predicted molar refractivity (Wildman–Crippen MR) is 80.9 cm³/mol. The highest BCUT2D eigenvalue weighted by molar-refractivity contribution is 6.31. The Balaban J connectivity index is 1.73. The molecule has 2 N–H and O–H groups in total. The van der Waals surface area contributed by atoms with E-state index < -0.39 is 6.09 Å². The lowest BCUT2D eigenvalue weighted by Gasteiger charge is -2.32. The first-order valence-corrected chi connectivity index (χ1v) is 7.16. The summed E-state index contributed by atoms with van der Waals surface area (Å²) in [7, 11) is 0. The van der Waals surface area contributed by atoms with E-state index >= 15 is 0 Å². The van der Waals surface area contributed by atoms with Gasteiger partial charge in [0.05, 0.1) is 17.2 Å². The minimum absolute atomic E-state index is 0.0194. The molecule has 1 saturated heterocycles. The van der Waals surface area contributed by atoms with Crippen molar-refractivity contribution in [2.24, 2.45) is 0 Å². The number of carboxylic acid groups (broad SMARTS) is 1. The van der Waals surface area contributed by atoms with Crippen molar-refractivity contribution in [3.63, 3.8) is 0 Å². The summed E-state index contributed by atoms with van der Waals surface area (Å²) >= 11 is 5.93. The van der Waals surface area contributed by atoms with Gasteiger partial charge in [-0.15, -0.1) is 0 Å². The molecule has 1 amide bonds. The summed E-state index contributed by atoms with van der Waals surface area (Å²) in [5.74, 6) is 0.818. The van der Waals surface area contributed by atoms with E-state index in [4.69, 9.17) is 16.7 Å². The van der Waals surface area contributed by atoms with Gasteiger partial charge in [0.15, 0.2) is 0 Å². The van der Waals surface area contributed by atoms with E-state index in [2.05, 4.69) is 20.2 Å². The highest BCUT2D eigenvalue weighted by Gasteiger charge is 2.21. The van der Waals surface area contributed by atoms with Crippen molar-refractivity contribution < 1.29 is 9.90 Å². The van der Waals surface area contributed by atoms with Crippen molar-refractivity contribution in [3.05, 3.63) is 29.4 Å². The molecule has 3 rings (SSSR count). The van der Waals surface area contributed by atoms with Crippen molar-refractivity contribution in [3.8, 4) is 0 Å². The number of piperidine rings is 1. The van der Waals surface area contributed by atoms with Crippen LogP contribution in [-0.4, -0.2) is 40.3 Å². The standard InChI is InChI=1S/C14H15ClN4O2/c15-9-1-2-11-12(7-9)16-8-13(18-11)19-5-3-10(4-6-19)17-14(20)21/h1-2,7-8,10,17H,3-6H2,(H,20,21). The highest BCUT2D eigenvalue weighted by atomic mass is 35.5. The number of nitrogens with one attached hydrogen (secondary N) is 1. The van der Waals surface area contributed by atoms with Crippen LogP contribution in [0.4, 0.5) is 10.6 Å². The van der Waals surface area contributed by atoms with E-state index in [0.29, 0.717) is 5.02 Å². The van der Waals surface area contributed by atoms with E-state index in [1.165, 1.54) is 0 Å². The number of hydrogen-bond acceptors (Lipinski definition) is 4. The number of anilines is 1. The van der Waals surface area contributed by atoms with Gasteiger partial charge >= 0.3 is 6.09 Å². The fraction of sp³-hybridized carbons (Fsp3) is 0.357. The van der Waals surface area contributed by atoms with E-state index in [1.807, 2.05) is 6.07 Å². The molecule has 6 nitrogen and oxygen atoms in total. The van der Waals surface area contributed by atoms with Gasteiger partial charge in [-0.3, -0.25) is 4.98 Å². The Morgan fingerprint density at radius 1 is 1.33 bits per heavy atom. The average molecular weight is 307 g/mol. The summed E-state index contributed by atoms with van der Waals surface area (Å²) in [4.78, 5) is 21.7. The predicted octanol–water partition coefficient (Wildman–Crippen LogP) is 2.52. The van der Waals surface area contributed by atoms with Crippen LogP contribution in [0.1, 0.15) is 12.8 Å². The molecular weight excluding hydrogens is 292 g/mol. The van der Waals surface area contributed by atoms with E-state index in [9.17, 15) is 4.79 Å². The summed E-state index contributed by atoms with van der Waals surface area (Å²) in [5.41, 5.74) is 1.58. The van der Waals surface area contributed by atoms with Gasteiger partial charge in [0.25, 0.3) is 0 Å². The van der Waals surface area contributed by atoms with Crippen LogP contribution >= 0.6 is 11.6 Å². The third kappa shape index (κ3) is 3.16. The van der Waals surface area contributed by atoms with E-state index in [0.717, 1.165) is 42.8 Å². The van der Waals surface area contributed by atoms with Crippen LogP contribution in [0.25, 0.3) is 11.0 Å². The van der Waals surface area contributed by atoms with E-state index in [1.54, 1.807) is 18.3 Å². The average Bonchev–Trinajstić information content (AvgIpc) is 2.47. The second-order valence-corrected chi connectivity index (χ2v) is 5.51. The van der Waals surface area contributed by atoms with Gasteiger partial charge in [0.1, 0.15) is 5.82 Å². The Hall–Kier alpha value is -2.08. The Bertz CT molecular complexity index is 671. The quantitative estimate of drug-likeness (QED) is 0.891. The van der Waals surface area contributed by atoms with Crippen LogP contribution in [0.15, 0.2) is 24.4 Å². The third-order valence-electron chi connectivity index (χ3n) is 3.64. The number of amides is 1. The van der Waals surface area contributed by atoms with Gasteiger partial charge in [-0.2, -0.15) is 0 Å². The molecule has 1 aromatic carbocycles. The van der Waals surface area contributed by atoms with Gasteiger partial charge in [0.2, 0.25) is 0 Å². The summed E-state index contributed by atoms with van der Waals surface area (Å²) in [6.07, 6.45) is 2.32. The molecule has 2 aromatic rings. The second kappa shape index (κ2) is 5.73. The first kappa shape index (κ1) is 13.9. The Labute approximate surface area is 126 Å². The Morgan fingerprint density at radius 3 is 2.81 bits per heavy atom. The van der Waals surface area contributed by atoms with Crippen LogP contribution in [-0.2, 0) is 0 Å². The van der Waals surface area contributed by atoms with E-state index in [-0.39, 0.29) is 6.04 Å². The minimum atomic E-state index is -0.962. The molecule has 1 fully saturated rings. The molecular formula is C14H15ClN4O2. The zero-order valence-electron chi connectivity index (χ0n) is 11.3. The maximum Gasteiger partial charge on any atom is 0.404 e. The van der Waals surface area contributed by atoms with Crippen molar-refractivity contribution in [2.45, 2.75) is 18.9 Å². The molecule has 21 heavy (non-hydrogen) atoms. The molecule has 0 saturated carbocycles. The van der Waals surface area contributed by atoms with Crippen LogP contribution < -0.4 is 10.2 Å². The number of hydrogen-bond donors (Lipinski definition) is 2. The number of nitrogens with zero attached hydrogens (tertiary/aromatic N) is 3. The third-order valence-corrected chi connectivity index (χ3v) is 3.87. The van der Waals surface area contributed by atoms with Crippen molar-refractivity contribution in [1.29, 1.82) is 0 Å². The first-order valence-electron chi connectivity index (χ1n) is 6.78. The first-order chi connectivity index (χ1) is 10.1. The summed E-state index contributed by atoms with van der Waals surface area (Å²) in [6, 6.07) is 5.46. The zero-order chi connectivity index (χ0) is 14.8. The molecule has 1 aliphatic rings. The second-order valence-electron chi connectivity index (χ2n) is 5.07. The molecule has 0 aliphatic carbocycles. The SMILES string of the molecule is O=C(O)NC1CCN(c2cnc3cc(Cl)ccc3n2)CC1. The molecule has 7 heteroatoms. The number of carbonyl (C=O) groups is 1. The lowest BCUT2D eigenvalue weighted by Crippen LogP contribution is -2.44. The number of fused-ring (bicyclic) bond motifs is 1. The van der Waals surface area contributed by atoms with Gasteiger partial charge in [-0.1, -0.05) is 11.6 Å². The van der Waals surface area contributed by atoms with Crippen LogP contribution in [0, 0.1) is 0 Å². The lowest BCUT2D eigenvalue weighted by atomic mass is 10.1. The van der Waals surface area contributed by atoms with Crippen molar-refractivity contribution >= 4 is 34.5 Å². The topological polar surface area (TPSA) is 78.4 Å². The summed E-state index contributed by atoms with van der Waals surface area (Å²) in [6.45, 7) is 1.53. The zero-order valence-corrected chi connectivity index (χ0v) is 12.0. The number of benzene rings is 1. The number of aromatic nitrogens is 2. The Kier molecular flexibility index (Phi) is 3.79. The smallest absolute Gasteiger partial charge is 0.404 e. The maximum absolute atomic E-state index is 10.6. The summed E-state index contributed by atoms with van der Waals surface area (Å²) in [5, 5.41) is 11.9. The van der Waals surface area contributed by atoms with Crippen LogP contribution in [0.3, 0.4) is 0 Å². The summed E-state index contributed by atoms with van der Waals surface area (Å²) < 4.78 is 0. The number of rotatable bonds is 2. The molecule has 1 aliphatic heterocycles. The molecule has 0 atom stereocenters. The molecule has 110 valence electrons. The Morgan fingerprint density at radius 2 is 2.10 bits per heavy atom.